The molecule has 0 radical (unpaired) electrons. The zero-order chi connectivity index (χ0) is 10.8. The van der Waals surface area contributed by atoms with E-state index in [0.29, 0.717) is 16.9 Å². The smallest absolute Gasteiger partial charge is 0.0596 e. The Morgan fingerprint density at radius 3 is 2.00 bits per heavy atom. The second-order valence-electron chi connectivity index (χ2n) is 7.49. The molecule has 0 aromatic rings. The Bertz CT molecular complexity index is 265. The van der Waals surface area contributed by atoms with Crippen molar-refractivity contribution in [1.82, 2.24) is 0 Å². The van der Waals surface area contributed by atoms with Gasteiger partial charge in [-0.2, -0.15) is 0 Å². The van der Waals surface area contributed by atoms with Crippen molar-refractivity contribution in [2.75, 3.05) is 0 Å². The zero-order valence-electron chi connectivity index (χ0n) is 10.3. The van der Waals surface area contributed by atoms with Crippen LogP contribution in [0.25, 0.3) is 0 Å². The van der Waals surface area contributed by atoms with Crippen LogP contribution in [0.3, 0.4) is 0 Å². The van der Waals surface area contributed by atoms with Crippen molar-refractivity contribution in [2.24, 2.45) is 17.8 Å². The Morgan fingerprint density at radius 2 is 1.53 bits per heavy atom. The lowest BCUT2D eigenvalue weighted by atomic mass is 9.54. The van der Waals surface area contributed by atoms with E-state index in [2.05, 4.69) is 19.6 Å². The van der Waals surface area contributed by atoms with Gasteiger partial charge in [0.15, 0.2) is 0 Å². The highest BCUT2D eigenvalue weighted by atomic mass is 28.3. The van der Waals surface area contributed by atoms with Gasteiger partial charge in [-0.1, -0.05) is 19.6 Å². The van der Waals surface area contributed by atoms with Gasteiger partial charge in [-0.25, -0.2) is 0 Å². The maximum Gasteiger partial charge on any atom is 0.0596 e. The molecule has 0 heterocycles. The first kappa shape index (κ1) is 10.3. The van der Waals surface area contributed by atoms with Crippen molar-refractivity contribution in [3.63, 3.8) is 0 Å². The summed E-state index contributed by atoms with van der Waals surface area (Å²) in [5, 5.41) is 10.9. The van der Waals surface area contributed by atoms with E-state index in [1.165, 1.54) is 32.1 Å². The fraction of sp³-hybridized carbons (Fsp3) is 1.00. The maximum absolute atomic E-state index is 10.2. The van der Waals surface area contributed by atoms with Crippen LogP contribution >= 0.6 is 0 Å². The molecule has 4 aliphatic carbocycles. The highest BCUT2D eigenvalue weighted by molar-refractivity contribution is 6.79. The Labute approximate surface area is 94.3 Å². The molecule has 0 amide bonds. The lowest BCUT2D eigenvalue weighted by Gasteiger charge is -2.63. The summed E-state index contributed by atoms with van der Waals surface area (Å²) in [7, 11) is -1.05. The molecule has 1 nitrogen and oxygen atoms in total. The fourth-order valence-corrected chi connectivity index (χ4v) is 7.57. The third-order valence-corrected chi connectivity index (χ3v) is 9.61. The molecule has 2 heteroatoms. The average Bonchev–Trinajstić information content (AvgIpc) is 2.10. The third-order valence-electron chi connectivity index (χ3n) is 5.81. The monoisotopic (exact) mass is 224 g/mol. The molecule has 4 bridgehead atoms. The van der Waals surface area contributed by atoms with Crippen molar-refractivity contribution in [1.29, 1.82) is 0 Å². The summed E-state index contributed by atoms with van der Waals surface area (Å²) < 4.78 is 0. The average molecular weight is 224 g/mol. The minimum Gasteiger partial charge on any atom is -0.393 e. The molecule has 86 valence electrons. The lowest BCUT2D eigenvalue weighted by Crippen LogP contribution is -2.57. The van der Waals surface area contributed by atoms with E-state index in [1.54, 1.807) is 0 Å². The van der Waals surface area contributed by atoms with Gasteiger partial charge in [0.05, 0.1) is 14.2 Å². The first-order chi connectivity index (χ1) is 6.91. The third kappa shape index (κ3) is 1.30. The highest BCUT2D eigenvalue weighted by Crippen LogP contribution is 2.67. The summed E-state index contributed by atoms with van der Waals surface area (Å²) in [6.07, 6.45) is 6.95. The number of hydrogen-bond acceptors (Lipinski definition) is 1. The number of hydrogen-bond donors (Lipinski definition) is 1. The van der Waals surface area contributed by atoms with Crippen LogP contribution in [0.2, 0.25) is 24.7 Å². The van der Waals surface area contributed by atoms with Crippen LogP contribution in [-0.2, 0) is 0 Å². The Kier molecular flexibility index (Phi) is 1.99. The van der Waals surface area contributed by atoms with Crippen LogP contribution < -0.4 is 0 Å². The summed E-state index contributed by atoms with van der Waals surface area (Å²) in [4.78, 5) is 0. The van der Waals surface area contributed by atoms with Gasteiger partial charge in [0.2, 0.25) is 0 Å². The first-order valence-electron chi connectivity index (χ1n) is 6.59. The van der Waals surface area contributed by atoms with Gasteiger partial charge in [-0.3, -0.25) is 0 Å². The summed E-state index contributed by atoms with van der Waals surface area (Å²) >= 11 is 0. The zero-order valence-corrected chi connectivity index (χ0v) is 11.3. The van der Waals surface area contributed by atoms with E-state index < -0.39 is 8.07 Å². The second-order valence-corrected chi connectivity index (χ2v) is 13.1. The van der Waals surface area contributed by atoms with Gasteiger partial charge < -0.3 is 5.11 Å². The summed E-state index contributed by atoms with van der Waals surface area (Å²) in [6, 6.07) is 0. The van der Waals surface area contributed by atoms with Gasteiger partial charge in [0, 0.05) is 0 Å². The molecule has 4 aliphatic rings. The molecule has 2 unspecified atom stereocenters. The summed E-state index contributed by atoms with van der Waals surface area (Å²) in [5.74, 6) is 2.31. The van der Waals surface area contributed by atoms with Crippen LogP contribution in [-0.4, -0.2) is 19.3 Å². The SMILES string of the molecule is C[Si](C)(C)C12CC3CC(C1)C(O)C(C3)C2. The normalized spacial score (nSPS) is 53.6. The molecule has 0 aromatic carbocycles. The number of rotatable bonds is 1. The Balaban J connectivity index is 1.96. The van der Waals surface area contributed by atoms with Crippen LogP contribution in [0.15, 0.2) is 0 Å². The molecular formula is C13H24OSi. The number of aliphatic hydroxyl groups excluding tert-OH is 1. The first-order valence-corrected chi connectivity index (χ1v) is 10.1. The van der Waals surface area contributed by atoms with E-state index in [1.807, 2.05) is 0 Å². The van der Waals surface area contributed by atoms with Crippen molar-refractivity contribution in [2.45, 2.75) is 62.9 Å². The van der Waals surface area contributed by atoms with Crippen molar-refractivity contribution in [3.05, 3.63) is 0 Å². The quantitative estimate of drug-likeness (QED) is 0.678. The van der Waals surface area contributed by atoms with Gasteiger partial charge >= 0.3 is 0 Å². The minimum atomic E-state index is -1.05. The molecule has 4 fully saturated rings. The lowest BCUT2D eigenvalue weighted by molar-refractivity contribution is -0.0883. The van der Waals surface area contributed by atoms with Crippen molar-refractivity contribution < 1.29 is 5.11 Å². The molecule has 0 aromatic heterocycles. The van der Waals surface area contributed by atoms with Crippen LogP contribution in [0, 0.1) is 17.8 Å². The predicted molar refractivity (Wildman–Crippen MR) is 65.6 cm³/mol. The van der Waals surface area contributed by atoms with Crippen LogP contribution in [0.4, 0.5) is 0 Å². The molecule has 0 aliphatic heterocycles. The van der Waals surface area contributed by atoms with Crippen LogP contribution in [0.1, 0.15) is 32.1 Å². The largest absolute Gasteiger partial charge is 0.393 e. The molecule has 0 spiro atoms. The van der Waals surface area contributed by atoms with E-state index in [-0.39, 0.29) is 6.10 Å². The Morgan fingerprint density at radius 1 is 1.00 bits per heavy atom. The maximum atomic E-state index is 10.2. The van der Waals surface area contributed by atoms with Crippen molar-refractivity contribution >= 4 is 8.07 Å². The molecular weight excluding hydrogens is 200 g/mol. The molecule has 4 rings (SSSR count). The highest BCUT2D eigenvalue weighted by Gasteiger charge is 2.59. The van der Waals surface area contributed by atoms with Gasteiger partial charge in [0.1, 0.15) is 0 Å². The van der Waals surface area contributed by atoms with Crippen LogP contribution in [0.5, 0.6) is 0 Å². The second kappa shape index (κ2) is 2.89. The molecule has 1 N–H and O–H groups in total. The molecule has 15 heavy (non-hydrogen) atoms. The van der Waals surface area contributed by atoms with E-state index in [0.717, 1.165) is 5.92 Å². The minimum absolute atomic E-state index is 0.0611. The predicted octanol–water partition coefficient (Wildman–Crippen LogP) is 3.27. The molecule has 4 saturated carbocycles. The topological polar surface area (TPSA) is 20.2 Å². The molecule has 2 atom stereocenters. The molecule has 0 saturated heterocycles. The van der Waals surface area contributed by atoms with E-state index in [4.69, 9.17) is 0 Å². The van der Waals surface area contributed by atoms with E-state index in [9.17, 15) is 5.11 Å². The number of aliphatic hydroxyl groups is 1. The summed E-state index contributed by atoms with van der Waals surface area (Å²) in [6.45, 7) is 7.64. The van der Waals surface area contributed by atoms with Crippen molar-refractivity contribution in [3.8, 4) is 0 Å². The van der Waals surface area contributed by atoms with E-state index >= 15 is 0 Å². The fourth-order valence-electron chi connectivity index (χ4n) is 4.92. The van der Waals surface area contributed by atoms with Gasteiger partial charge in [-0.15, -0.1) is 0 Å². The standard InChI is InChI=1S/C13H24OSi/c1-15(2,3)13-6-9-4-10(7-13)12(14)11(5-9)8-13/h9-12,14H,4-8H2,1-3H3. The Hall–Kier alpha value is 0.177. The van der Waals surface area contributed by atoms with Gasteiger partial charge in [0.25, 0.3) is 0 Å². The van der Waals surface area contributed by atoms with Gasteiger partial charge in [-0.05, 0) is 54.9 Å². The summed E-state index contributed by atoms with van der Waals surface area (Å²) in [5.41, 5.74) is 0.